The zero-order chi connectivity index (χ0) is 20.5. The molecule has 0 aliphatic rings. The first-order valence-electron chi connectivity index (χ1n) is 8.77. The number of esters is 1. The van der Waals surface area contributed by atoms with Crippen LogP contribution in [0.5, 0.6) is 5.75 Å². The van der Waals surface area contributed by atoms with Crippen molar-refractivity contribution in [2.75, 3.05) is 24.8 Å². The van der Waals surface area contributed by atoms with Gasteiger partial charge < -0.3 is 14.8 Å². The largest absolute Gasteiger partial charge is 0.497 e. The molecule has 148 valence electrons. The quantitative estimate of drug-likeness (QED) is 0.363. The van der Waals surface area contributed by atoms with E-state index in [4.69, 9.17) is 9.47 Å². The van der Waals surface area contributed by atoms with Gasteiger partial charge in [0.15, 0.2) is 0 Å². The molecule has 2 rings (SSSR count). The Morgan fingerprint density at radius 1 is 1.29 bits per heavy atom. The van der Waals surface area contributed by atoms with E-state index in [0.29, 0.717) is 33.8 Å². The minimum absolute atomic E-state index is 0.177. The molecule has 1 aromatic carbocycles. The molecule has 0 saturated carbocycles. The number of amides is 1. The number of nitrogens with one attached hydrogen (secondary N) is 1. The summed E-state index contributed by atoms with van der Waals surface area (Å²) in [6.45, 7) is 3.66. The number of nitrogens with zero attached hydrogens (tertiary/aromatic N) is 1. The number of ether oxygens (including phenoxy) is 2. The molecule has 0 atom stereocenters. The Morgan fingerprint density at radius 2 is 2.00 bits per heavy atom. The summed E-state index contributed by atoms with van der Waals surface area (Å²) in [5.74, 6) is 0.953. The van der Waals surface area contributed by atoms with Crippen molar-refractivity contribution in [2.45, 2.75) is 31.6 Å². The fourth-order valence-corrected chi connectivity index (χ4v) is 4.33. The van der Waals surface area contributed by atoms with Crippen molar-refractivity contribution in [2.24, 2.45) is 0 Å². The molecule has 1 N–H and O–H groups in total. The fraction of sp³-hybridized carbons (Fsp3) is 0.350. The standard InChI is InChI=1S/C20H22N2O4S2/c1-4-26-20(24)18-13(2)16(12-21)19(28-18)22-17(23)6-5-11-27-15-9-7-14(25-3)8-10-15/h7-10H,4-6,11H2,1-3H3,(H,22,23). The summed E-state index contributed by atoms with van der Waals surface area (Å²) in [6, 6.07) is 9.82. The van der Waals surface area contributed by atoms with Gasteiger partial charge in [-0.15, -0.1) is 23.1 Å². The van der Waals surface area contributed by atoms with Crippen LogP contribution in [0.1, 0.15) is 40.6 Å². The van der Waals surface area contributed by atoms with Gasteiger partial charge in [0.1, 0.15) is 21.7 Å². The number of thioether (sulfide) groups is 1. The number of nitriles is 1. The van der Waals surface area contributed by atoms with E-state index in [0.717, 1.165) is 27.7 Å². The van der Waals surface area contributed by atoms with E-state index in [1.807, 2.05) is 24.3 Å². The van der Waals surface area contributed by atoms with Crippen molar-refractivity contribution in [1.82, 2.24) is 0 Å². The number of hydrogen-bond acceptors (Lipinski definition) is 7. The molecule has 0 spiro atoms. The van der Waals surface area contributed by atoms with E-state index in [-0.39, 0.29) is 12.5 Å². The Kier molecular flexibility index (Phi) is 8.36. The predicted octanol–water partition coefficient (Wildman–Crippen LogP) is 4.62. The number of rotatable bonds is 9. The smallest absolute Gasteiger partial charge is 0.348 e. The van der Waals surface area contributed by atoms with Gasteiger partial charge in [0.25, 0.3) is 0 Å². The minimum Gasteiger partial charge on any atom is -0.497 e. The molecule has 2 aromatic rings. The third kappa shape index (κ3) is 5.75. The van der Waals surface area contributed by atoms with Crippen LogP contribution >= 0.6 is 23.1 Å². The van der Waals surface area contributed by atoms with Crippen molar-refractivity contribution in [3.05, 3.63) is 40.3 Å². The Hall–Kier alpha value is -2.50. The maximum Gasteiger partial charge on any atom is 0.348 e. The number of benzene rings is 1. The SMILES string of the molecule is CCOC(=O)c1sc(NC(=O)CCCSc2ccc(OC)cc2)c(C#N)c1C. The molecule has 0 radical (unpaired) electrons. The lowest BCUT2D eigenvalue weighted by Gasteiger charge is -2.05. The summed E-state index contributed by atoms with van der Waals surface area (Å²) in [6.07, 6.45) is 1.03. The fourth-order valence-electron chi connectivity index (χ4n) is 2.41. The summed E-state index contributed by atoms with van der Waals surface area (Å²) < 4.78 is 10.1. The predicted molar refractivity (Wildman–Crippen MR) is 111 cm³/mol. The monoisotopic (exact) mass is 418 g/mol. The first kappa shape index (κ1) is 21.8. The second-order valence-electron chi connectivity index (χ2n) is 5.77. The molecule has 28 heavy (non-hydrogen) atoms. The zero-order valence-corrected chi connectivity index (χ0v) is 17.7. The van der Waals surface area contributed by atoms with Crippen LogP contribution in [0, 0.1) is 18.3 Å². The molecule has 1 aromatic heterocycles. The van der Waals surface area contributed by atoms with Gasteiger partial charge in [-0.2, -0.15) is 5.26 Å². The summed E-state index contributed by atoms with van der Waals surface area (Å²) in [5, 5.41) is 12.5. The van der Waals surface area contributed by atoms with Crippen molar-refractivity contribution < 1.29 is 19.1 Å². The van der Waals surface area contributed by atoms with Gasteiger partial charge in [0.05, 0.1) is 19.3 Å². The summed E-state index contributed by atoms with van der Waals surface area (Å²) in [4.78, 5) is 25.7. The van der Waals surface area contributed by atoms with Gasteiger partial charge >= 0.3 is 5.97 Å². The molecular weight excluding hydrogens is 396 g/mol. The highest BCUT2D eigenvalue weighted by molar-refractivity contribution is 7.99. The lowest BCUT2D eigenvalue weighted by Crippen LogP contribution is -2.11. The maximum atomic E-state index is 12.2. The molecule has 0 aliphatic carbocycles. The highest BCUT2D eigenvalue weighted by atomic mass is 32.2. The molecule has 0 bridgehead atoms. The van der Waals surface area contributed by atoms with Crippen molar-refractivity contribution in [3.63, 3.8) is 0 Å². The maximum absolute atomic E-state index is 12.2. The molecule has 0 fully saturated rings. The molecular formula is C20H22N2O4S2. The highest BCUT2D eigenvalue weighted by Crippen LogP contribution is 2.33. The second-order valence-corrected chi connectivity index (χ2v) is 7.96. The van der Waals surface area contributed by atoms with Crippen molar-refractivity contribution >= 4 is 40.0 Å². The van der Waals surface area contributed by atoms with Crippen LogP contribution in [0.25, 0.3) is 0 Å². The van der Waals surface area contributed by atoms with E-state index < -0.39 is 5.97 Å². The van der Waals surface area contributed by atoms with Gasteiger partial charge in [-0.1, -0.05) is 0 Å². The van der Waals surface area contributed by atoms with Crippen LogP contribution in [0.3, 0.4) is 0 Å². The molecule has 0 aliphatic heterocycles. The first-order valence-corrected chi connectivity index (χ1v) is 10.6. The number of anilines is 1. The molecule has 6 nitrogen and oxygen atoms in total. The minimum atomic E-state index is -0.474. The molecule has 8 heteroatoms. The third-order valence-corrected chi connectivity index (χ3v) is 6.13. The van der Waals surface area contributed by atoms with Crippen LogP contribution in [0.15, 0.2) is 29.2 Å². The number of thiophene rings is 1. The number of carbonyl (C=O) groups is 2. The van der Waals surface area contributed by atoms with Crippen LogP contribution < -0.4 is 10.1 Å². The Bertz CT molecular complexity index is 870. The zero-order valence-electron chi connectivity index (χ0n) is 16.0. The summed E-state index contributed by atoms with van der Waals surface area (Å²) in [5.41, 5.74) is 0.852. The van der Waals surface area contributed by atoms with Crippen LogP contribution in [-0.4, -0.2) is 31.3 Å². The normalized spacial score (nSPS) is 10.2. The average molecular weight is 419 g/mol. The van der Waals surface area contributed by atoms with Gasteiger partial charge in [-0.05, 0) is 55.9 Å². The topological polar surface area (TPSA) is 88.4 Å². The van der Waals surface area contributed by atoms with Crippen LogP contribution in [0.2, 0.25) is 0 Å². The van der Waals surface area contributed by atoms with Crippen molar-refractivity contribution in [1.29, 1.82) is 5.26 Å². The Balaban J connectivity index is 1.87. The van der Waals surface area contributed by atoms with E-state index in [1.165, 1.54) is 0 Å². The van der Waals surface area contributed by atoms with Gasteiger partial charge in [-0.25, -0.2) is 4.79 Å². The lowest BCUT2D eigenvalue weighted by atomic mass is 10.1. The van der Waals surface area contributed by atoms with Gasteiger partial charge in [-0.3, -0.25) is 4.79 Å². The van der Waals surface area contributed by atoms with Crippen LogP contribution in [-0.2, 0) is 9.53 Å². The van der Waals surface area contributed by atoms with Crippen molar-refractivity contribution in [3.8, 4) is 11.8 Å². The number of carbonyl (C=O) groups excluding carboxylic acids is 2. The third-order valence-electron chi connectivity index (χ3n) is 3.85. The van der Waals surface area contributed by atoms with Gasteiger partial charge in [0, 0.05) is 11.3 Å². The first-order chi connectivity index (χ1) is 13.5. The lowest BCUT2D eigenvalue weighted by molar-refractivity contribution is -0.116. The Labute approximate surface area is 172 Å². The molecule has 1 amide bonds. The van der Waals surface area contributed by atoms with Gasteiger partial charge in [0.2, 0.25) is 5.91 Å². The molecule has 0 saturated heterocycles. The Morgan fingerprint density at radius 3 is 2.61 bits per heavy atom. The van der Waals surface area contributed by atoms with E-state index >= 15 is 0 Å². The summed E-state index contributed by atoms with van der Waals surface area (Å²) in [7, 11) is 1.63. The van der Waals surface area contributed by atoms with Crippen LogP contribution in [0.4, 0.5) is 5.00 Å². The van der Waals surface area contributed by atoms with E-state index in [1.54, 1.807) is 32.7 Å². The number of methoxy groups -OCH3 is 1. The molecule has 1 heterocycles. The van der Waals surface area contributed by atoms with E-state index in [2.05, 4.69) is 11.4 Å². The number of hydrogen-bond donors (Lipinski definition) is 1. The highest BCUT2D eigenvalue weighted by Gasteiger charge is 2.22. The molecule has 0 unspecified atom stereocenters. The van der Waals surface area contributed by atoms with E-state index in [9.17, 15) is 14.9 Å². The summed E-state index contributed by atoms with van der Waals surface area (Å²) >= 11 is 2.75. The second kappa shape index (κ2) is 10.7. The average Bonchev–Trinajstić information content (AvgIpc) is 3.01.